The van der Waals surface area contributed by atoms with Crippen molar-refractivity contribution in [1.29, 1.82) is 0 Å². The first-order valence-electron chi connectivity index (χ1n) is 19.2. The third-order valence-electron chi connectivity index (χ3n) is 8.17. The maximum atomic E-state index is 12.3. The van der Waals surface area contributed by atoms with Crippen LogP contribution in [0, 0.1) is 0 Å². The van der Waals surface area contributed by atoms with Crippen LogP contribution in [0.1, 0.15) is 162 Å². The zero-order chi connectivity index (χ0) is 36.3. The van der Waals surface area contributed by atoms with Gasteiger partial charge in [0, 0.05) is 6.42 Å². The van der Waals surface area contributed by atoms with Crippen molar-refractivity contribution in [3.63, 3.8) is 0 Å². The first kappa shape index (κ1) is 47.3. The quantitative estimate of drug-likeness (QED) is 0.0166. The van der Waals surface area contributed by atoms with E-state index in [1.54, 1.807) is 0 Å². The highest BCUT2D eigenvalue weighted by Crippen LogP contribution is 2.35. The number of phosphoric ester groups is 1. The lowest BCUT2D eigenvalue weighted by Gasteiger charge is -2.18. The Morgan fingerprint density at radius 1 is 0.633 bits per heavy atom. The Balaban J connectivity index is 4.16. The first-order chi connectivity index (χ1) is 23.7. The molecule has 10 heteroatoms. The molecular weight excluding hydrogens is 643 g/mol. The van der Waals surface area contributed by atoms with Crippen molar-refractivity contribution < 1.29 is 43.4 Å². The molecule has 0 saturated carbocycles. The van der Waals surface area contributed by atoms with Crippen LogP contribution in [0.4, 0.5) is 0 Å². The van der Waals surface area contributed by atoms with E-state index in [9.17, 15) is 19.6 Å². The van der Waals surface area contributed by atoms with Crippen LogP contribution in [0.5, 0.6) is 0 Å². The molecule has 4 N–H and O–H groups in total. The highest BCUT2D eigenvalue weighted by atomic mass is 31.2. The van der Waals surface area contributed by atoms with Gasteiger partial charge in [-0.2, -0.15) is 0 Å². The van der Waals surface area contributed by atoms with Crippen LogP contribution < -0.4 is 0 Å². The number of hydrogen-bond acceptors (Lipinski definition) is 7. The van der Waals surface area contributed by atoms with Gasteiger partial charge in [0.25, 0.3) is 0 Å². The maximum Gasteiger partial charge on any atom is 0.469 e. The predicted molar refractivity (Wildman–Crippen MR) is 200 cm³/mol. The number of esters is 1. The molecule has 0 radical (unpaired) electrons. The third-order valence-corrected chi connectivity index (χ3v) is 8.66. The summed E-state index contributed by atoms with van der Waals surface area (Å²) in [6, 6.07) is 0. The second-order valence-electron chi connectivity index (χ2n) is 12.9. The molecule has 0 fully saturated rings. The summed E-state index contributed by atoms with van der Waals surface area (Å²) in [7, 11) is -4.71. The molecule has 0 aromatic carbocycles. The van der Waals surface area contributed by atoms with Gasteiger partial charge in [0.2, 0.25) is 0 Å². The molecule has 0 heterocycles. The number of rotatable bonds is 35. The Morgan fingerprint density at radius 2 is 1.14 bits per heavy atom. The topological polar surface area (TPSA) is 143 Å². The minimum Gasteiger partial charge on any atom is -0.492 e. The molecule has 286 valence electrons. The van der Waals surface area contributed by atoms with Crippen LogP contribution in [-0.4, -0.2) is 57.5 Å². The van der Waals surface area contributed by atoms with Gasteiger partial charge in [-0.3, -0.25) is 9.32 Å². The van der Waals surface area contributed by atoms with Gasteiger partial charge in [-0.05, 0) is 63.9 Å². The fraction of sp³-hybridized carbons (Fsp3) is 0.769. The van der Waals surface area contributed by atoms with Gasteiger partial charge >= 0.3 is 13.8 Å². The smallest absolute Gasteiger partial charge is 0.469 e. The number of carbonyl (C=O) groups is 1. The van der Waals surface area contributed by atoms with Gasteiger partial charge < -0.3 is 29.5 Å². The molecule has 49 heavy (non-hydrogen) atoms. The van der Waals surface area contributed by atoms with Crippen molar-refractivity contribution in [2.24, 2.45) is 0 Å². The Kier molecular flexibility index (Phi) is 33.5. The molecular formula is C39H71O9P. The summed E-state index contributed by atoms with van der Waals surface area (Å²) in [4.78, 5) is 30.4. The molecule has 0 rings (SSSR count). The van der Waals surface area contributed by atoms with Crippen LogP contribution in [0.25, 0.3) is 0 Å². The molecule has 0 saturated heterocycles. The van der Waals surface area contributed by atoms with E-state index in [0.29, 0.717) is 12.8 Å². The van der Waals surface area contributed by atoms with Crippen LogP contribution in [0.2, 0.25) is 0 Å². The van der Waals surface area contributed by atoms with E-state index in [0.717, 1.165) is 38.5 Å². The Bertz CT molecular complexity index is 912. The molecule has 0 amide bonds. The van der Waals surface area contributed by atoms with Crippen molar-refractivity contribution in [3.05, 3.63) is 48.8 Å². The third kappa shape index (κ3) is 35.9. The van der Waals surface area contributed by atoms with E-state index in [2.05, 4.69) is 42.7 Å². The van der Waals surface area contributed by atoms with Gasteiger partial charge in [-0.25, -0.2) is 4.57 Å². The fourth-order valence-electron chi connectivity index (χ4n) is 5.12. The second kappa shape index (κ2) is 34.7. The summed E-state index contributed by atoms with van der Waals surface area (Å²) < 4.78 is 26.5. The van der Waals surface area contributed by atoms with Crippen molar-refractivity contribution in [2.45, 2.75) is 180 Å². The summed E-state index contributed by atoms with van der Waals surface area (Å²) in [5.41, 5.74) is 0. The average Bonchev–Trinajstić information content (AvgIpc) is 3.07. The van der Waals surface area contributed by atoms with Gasteiger partial charge in [-0.1, -0.05) is 134 Å². The highest BCUT2D eigenvalue weighted by Gasteiger charge is 2.21. The van der Waals surface area contributed by atoms with Crippen LogP contribution in [0.3, 0.4) is 0 Å². The van der Waals surface area contributed by atoms with Gasteiger partial charge in [-0.15, -0.1) is 0 Å². The van der Waals surface area contributed by atoms with Crippen LogP contribution >= 0.6 is 7.82 Å². The van der Waals surface area contributed by atoms with Crippen LogP contribution in [0.15, 0.2) is 48.8 Å². The number of aliphatic hydroxyl groups excluding tert-OH is 2. The molecule has 2 unspecified atom stereocenters. The molecule has 0 aliphatic rings. The normalized spacial score (nSPS) is 14.4. The van der Waals surface area contributed by atoms with E-state index >= 15 is 0 Å². The van der Waals surface area contributed by atoms with E-state index in [1.165, 1.54) is 89.7 Å². The lowest BCUT2D eigenvalue weighted by Crippen LogP contribution is -2.26. The van der Waals surface area contributed by atoms with E-state index in [4.69, 9.17) is 19.3 Å². The predicted octanol–water partition coefficient (Wildman–Crippen LogP) is 9.94. The van der Waals surface area contributed by atoms with Crippen molar-refractivity contribution in [2.75, 3.05) is 13.2 Å². The minimum atomic E-state index is -4.71. The second-order valence-corrected chi connectivity index (χ2v) is 14.2. The number of hydrogen-bond donors (Lipinski definition) is 4. The molecule has 3 atom stereocenters. The average molecular weight is 715 g/mol. The minimum absolute atomic E-state index is 0.0261. The summed E-state index contributed by atoms with van der Waals surface area (Å²) in [5, 5.41) is 20.5. The zero-order valence-corrected chi connectivity index (χ0v) is 31.7. The van der Waals surface area contributed by atoms with E-state index in [-0.39, 0.29) is 19.4 Å². The maximum absolute atomic E-state index is 12.3. The molecule has 0 aliphatic carbocycles. The summed E-state index contributed by atoms with van der Waals surface area (Å²) in [6.07, 6.45) is 36.6. The Labute approximate surface area is 298 Å². The molecule has 0 spiro atoms. The van der Waals surface area contributed by atoms with Crippen molar-refractivity contribution in [1.82, 2.24) is 0 Å². The highest BCUT2D eigenvalue weighted by molar-refractivity contribution is 7.46. The lowest BCUT2D eigenvalue weighted by molar-refractivity contribution is -0.147. The zero-order valence-electron chi connectivity index (χ0n) is 30.8. The number of allylic oxidation sites excluding steroid dienone is 6. The standard InChI is InChI=1S/C39H71O9P/c1-3-5-7-9-11-13-15-17-18-20-22-24-26-28-33-46-36(35-48-49(43,44)45)34-47-39(42)32-29-31-38(41)37(40)30-27-25-23-21-19-16-14-12-10-8-6-4-2/h12,14,19,21,25,27-28,33,36-38,40-41H,3-11,13,15-18,20,22-24,26,29-32,34-35H2,1-2H3,(H2,43,44,45)/b14-12-,21-19-,27-25-,33-28+/t36-,37?,38?/m1/s1. The number of unbranched alkanes of at least 4 members (excludes halogenated alkanes) is 15. The first-order valence-corrected chi connectivity index (χ1v) is 20.7. The van der Waals surface area contributed by atoms with Gasteiger partial charge in [0.1, 0.15) is 6.61 Å². The molecule has 0 aromatic rings. The fourth-order valence-corrected chi connectivity index (χ4v) is 5.48. The van der Waals surface area contributed by atoms with E-state index in [1.807, 2.05) is 18.2 Å². The number of carbonyl (C=O) groups excluding carboxylic acids is 1. The van der Waals surface area contributed by atoms with Crippen molar-refractivity contribution >= 4 is 13.8 Å². The summed E-state index contributed by atoms with van der Waals surface area (Å²) in [6.45, 7) is 3.77. The molecule has 9 nitrogen and oxygen atoms in total. The monoisotopic (exact) mass is 714 g/mol. The largest absolute Gasteiger partial charge is 0.492 e. The Hall–Kier alpha value is -1.74. The molecule has 0 bridgehead atoms. The van der Waals surface area contributed by atoms with Gasteiger partial charge in [0.15, 0.2) is 6.10 Å². The SMILES string of the molecule is CCCCC/C=C\C/C=C\C/C=C\CC(O)C(O)CCCC(=O)OC[C@H](COP(=O)(O)O)O/C=C/CCCCCCCCCCCCCC. The molecule has 0 aromatic heterocycles. The number of phosphoric acid groups is 1. The Morgan fingerprint density at radius 3 is 1.76 bits per heavy atom. The molecule has 0 aliphatic heterocycles. The van der Waals surface area contributed by atoms with Crippen molar-refractivity contribution in [3.8, 4) is 0 Å². The summed E-state index contributed by atoms with van der Waals surface area (Å²) >= 11 is 0. The van der Waals surface area contributed by atoms with E-state index < -0.39 is 38.7 Å². The van der Waals surface area contributed by atoms with Crippen LogP contribution in [-0.2, 0) is 23.4 Å². The summed E-state index contributed by atoms with van der Waals surface area (Å²) in [5.74, 6) is -0.533. The lowest BCUT2D eigenvalue weighted by atomic mass is 10.0. The number of aliphatic hydroxyl groups is 2. The number of ether oxygens (including phenoxy) is 2. The van der Waals surface area contributed by atoms with Gasteiger partial charge in [0.05, 0.1) is 25.1 Å².